The lowest BCUT2D eigenvalue weighted by atomic mass is 9.95. The van der Waals surface area contributed by atoms with Crippen molar-refractivity contribution in [2.75, 3.05) is 7.11 Å². The third-order valence-electron chi connectivity index (χ3n) is 2.49. The van der Waals surface area contributed by atoms with Crippen LogP contribution >= 0.6 is 0 Å². The summed E-state index contributed by atoms with van der Waals surface area (Å²) in [6, 6.07) is 3.77. The minimum absolute atomic E-state index is 0.122. The first kappa shape index (κ1) is 11.0. The highest BCUT2D eigenvalue weighted by atomic mass is 16.5. The summed E-state index contributed by atoms with van der Waals surface area (Å²) >= 11 is 0. The predicted molar refractivity (Wildman–Crippen MR) is 55.5 cm³/mol. The van der Waals surface area contributed by atoms with E-state index < -0.39 is 0 Å². The van der Waals surface area contributed by atoms with Crippen molar-refractivity contribution in [1.29, 1.82) is 0 Å². The molecule has 1 aromatic rings. The third kappa shape index (κ3) is 2.45. The molecule has 0 bridgehead atoms. The van der Waals surface area contributed by atoms with Crippen molar-refractivity contribution in [1.82, 2.24) is 4.98 Å². The summed E-state index contributed by atoms with van der Waals surface area (Å²) < 4.78 is 5.03. The Morgan fingerprint density at radius 2 is 2.29 bits per heavy atom. The molecule has 14 heavy (non-hydrogen) atoms. The number of ether oxygens (including phenoxy) is 1. The van der Waals surface area contributed by atoms with E-state index in [9.17, 15) is 5.11 Å². The molecule has 0 aliphatic carbocycles. The highest BCUT2D eigenvalue weighted by Crippen LogP contribution is 2.22. The van der Waals surface area contributed by atoms with Gasteiger partial charge in [0, 0.05) is 18.2 Å². The van der Waals surface area contributed by atoms with Crippen LogP contribution in [0.1, 0.15) is 31.7 Å². The summed E-state index contributed by atoms with van der Waals surface area (Å²) in [5.41, 5.74) is 1.06. The lowest BCUT2D eigenvalue weighted by molar-refractivity contribution is 0.145. The Bertz CT molecular complexity index is 288. The predicted octanol–water partition coefficient (Wildman–Crippen LogP) is 1.96. The number of nitrogens with zero attached hydrogens (tertiary/aromatic N) is 1. The molecule has 1 heterocycles. The standard InChI is InChI=1S/C11H17NO2/c1-4-10(13)8(2)9-5-6-12-11(7-9)14-3/h5-8,10,13H,4H2,1-3H3. The van der Waals surface area contributed by atoms with Crippen LogP contribution in [0.3, 0.4) is 0 Å². The van der Waals surface area contributed by atoms with Crippen molar-refractivity contribution in [2.24, 2.45) is 0 Å². The van der Waals surface area contributed by atoms with Gasteiger partial charge in [0.2, 0.25) is 5.88 Å². The first-order valence-electron chi connectivity index (χ1n) is 4.87. The van der Waals surface area contributed by atoms with Crippen LogP contribution in [0.4, 0.5) is 0 Å². The van der Waals surface area contributed by atoms with E-state index in [0.717, 1.165) is 12.0 Å². The summed E-state index contributed by atoms with van der Waals surface area (Å²) in [6.07, 6.45) is 2.15. The Balaban J connectivity index is 2.83. The van der Waals surface area contributed by atoms with Gasteiger partial charge in [-0.15, -0.1) is 0 Å². The summed E-state index contributed by atoms with van der Waals surface area (Å²) in [4.78, 5) is 4.02. The number of aliphatic hydroxyl groups excluding tert-OH is 1. The largest absolute Gasteiger partial charge is 0.481 e. The number of methoxy groups -OCH3 is 1. The van der Waals surface area contributed by atoms with Crippen molar-refractivity contribution in [3.63, 3.8) is 0 Å². The zero-order valence-electron chi connectivity index (χ0n) is 8.90. The molecule has 0 saturated heterocycles. The van der Waals surface area contributed by atoms with Crippen LogP contribution in [0.15, 0.2) is 18.3 Å². The van der Waals surface area contributed by atoms with Crippen LogP contribution < -0.4 is 4.74 Å². The van der Waals surface area contributed by atoms with Crippen LogP contribution in [0.25, 0.3) is 0 Å². The number of aliphatic hydroxyl groups is 1. The maximum atomic E-state index is 9.68. The monoisotopic (exact) mass is 195 g/mol. The van der Waals surface area contributed by atoms with E-state index in [-0.39, 0.29) is 12.0 Å². The molecule has 0 spiro atoms. The first-order chi connectivity index (χ1) is 6.69. The van der Waals surface area contributed by atoms with Gasteiger partial charge in [0.05, 0.1) is 13.2 Å². The number of hydrogen-bond donors (Lipinski definition) is 1. The van der Waals surface area contributed by atoms with Crippen molar-refractivity contribution < 1.29 is 9.84 Å². The van der Waals surface area contributed by atoms with E-state index in [0.29, 0.717) is 5.88 Å². The fourth-order valence-electron chi connectivity index (χ4n) is 1.40. The van der Waals surface area contributed by atoms with Gasteiger partial charge in [-0.05, 0) is 18.1 Å². The molecule has 2 atom stereocenters. The summed E-state index contributed by atoms with van der Waals surface area (Å²) in [6.45, 7) is 3.97. The number of rotatable bonds is 4. The lowest BCUT2D eigenvalue weighted by Gasteiger charge is -2.17. The maximum absolute atomic E-state index is 9.68. The van der Waals surface area contributed by atoms with Gasteiger partial charge in [-0.25, -0.2) is 4.98 Å². The Morgan fingerprint density at radius 3 is 2.86 bits per heavy atom. The molecule has 1 rings (SSSR count). The van der Waals surface area contributed by atoms with Crippen LogP contribution in [-0.4, -0.2) is 23.3 Å². The smallest absolute Gasteiger partial charge is 0.213 e. The molecular weight excluding hydrogens is 178 g/mol. The summed E-state index contributed by atoms with van der Waals surface area (Å²) in [7, 11) is 1.59. The van der Waals surface area contributed by atoms with Crippen LogP contribution in [0.2, 0.25) is 0 Å². The molecule has 0 aromatic carbocycles. The van der Waals surface area contributed by atoms with Gasteiger partial charge in [-0.2, -0.15) is 0 Å². The fraction of sp³-hybridized carbons (Fsp3) is 0.545. The third-order valence-corrected chi connectivity index (χ3v) is 2.49. The van der Waals surface area contributed by atoms with Crippen LogP contribution in [-0.2, 0) is 0 Å². The highest BCUT2D eigenvalue weighted by molar-refractivity contribution is 5.24. The van der Waals surface area contributed by atoms with Crippen molar-refractivity contribution in [3.05, 3.63) is 23.9 Å². The van der Waals surface area contributed by atoms with E-state index in [1.807, 2.05) is 26.0 Å². The van der Waals surface area contributed by atoms with Crippen molar-refractivity contribution in [2.45, 2.75) is 32.3 Å². The summed E-state index contributed by atoms with van der Waals surface area (Å²) in [5.74, 6) is 0.717. The Morgan fingerprint density at radius 1 is 1.57 bits per heavy atom. The minimum Gasteiger partial charge on any atom is -0.481 e. The van der Waals surface area contributed by atoms with E-state index in [1.54, 1.807) is 13.3 Å². The van der Waals surface area contributed by atoms with E-state index in [2.05, 4.69) is 4.98 Å². The van der Waals surface area contributed by atoms with Gasteiger partial charge >= 0.3 is 0 Å². The van der Waals surface area contributed by atoms with Gasteiger partial charge < -0.3 is 9.84 Å². The second kappa shape index (κ2) is 4.96. The second-order valence-corrected chi connectivity index (χ2v) is 3.40. The molecule has 0 aliphatic rings. The highest BCUT2D eigenvalue weighted by Gasteiger charge is 2.14. The average Bonchev–Trinajstić information content (AvgIpc) is 2.27. The minimum atomic E-state index is -0.304. The van der Waals surface area contributed by atoms with Gasteiger partial charge in [-0.3, -0.25) is 0 Å². The van der Waals surface area contributed by atoms with Crippen molar-refractivity contribution in [3.8, 4) is 5.88 Å². The molecule has 0 amide bonds. The zero-order valence-corrected chi connectivity index (χ0v) is 8.90. The molecule has 1 aromatic heterocycles. The number of hydrogen-bond acceptors (Lipinski definition) is 3. The first-order valence-corrected chi connectivity index (χ1v) is 4.87. The molecule has 78 valence electrons. The fourth-order valence-corrected chi connectivity index (χ4v) is 1.40. The molecule has 1 N–H and O–H groups in total. The maximum Gasteiger partial charge on any atom is 0.213 e. The van der Waals surface area contributed by atoms with Crippen LogP contribution in [0, 0.1) is 0 Å². The number of pyridine rings is 1. The van der Waals surface area contributed by atoms with Crippen molar-refractivity contribution >= 4 is 0 Å². The van der Waals surface area contributed by atoms with Crippen LogP contribution in [0.5, 0.6) is 5.88 Å². The lowest BCUT2D eigenvalue weighted by Crippen LogP contribution is -2.14. The Labute approximate surface area is 84.7 Å². The van der Waals surface area contributed by atoms with Gasteiger partial charge in [0.1, 0.15) is 0 Å². The SMILES string of the molecule is CCC(O)C(C)c1ccnc(OC)c1. The molecule has 2 unspecified atom stereocenters. The molecule has 0 aliphatic heterocycles. The van der Waals surface area contributed by atoms with E-state index in [4.69, 9.17) is 4.74 Å². The molecule has 0 fully saturated rings. The molecular formula is C11H17NO2. The zero-order chi connectivity index (χ0) is 10.6. The average molecular weight is 195 g/mol. The van der Waals surface area contributed by atoms with Gasteiger partial charge in [-0.1, -0.05) is 13.8 Å². The van der Waals surface area contributed by atoms with Gasteiger partial charge in [0.15, 0.2) is 0 Å². The molecule has 0 radical (unpaired) electrons. The Hall–Kier alpha value is -1.09. The Kier molecular flexibility index (Phi) is 3.89. The van der Waals surface area contributed by atoms with E-state index >= 15 is 0 Å². The van der Waals surface area contributed by atoms with E-state index in [1.165, 1.54) is 0 Å². The molecule has 3 heteroatoms. The van der Waals surface area contributed by atoms with Gasteiger partial charge in [0.25, 0.3) is 0 Å². The topological polar surface area (TPSA) is 42.4 Å². The molecule has 3 nitrogen and oxygen atoms in total. The molecule has 0 saturated carbocycles. The quantitative estimate of drug-likeness (QED) is 0.798. The summed E-state index contributed by atoms with van der Waals surface area (Å²) in [5, 5.41) is 9.68. The second-order valence-electron chi connectivity index (χ2n) is 3.40. The normalized spacial score (nSPS) is 14.9. The number of aromatic nitrogens is 1.